The minimum absolute atomic E-state index is 0.0710. The smallest absolute Gasteiger partial charge is 0.335 e. The molecule has 1 atom stereocenters. The maximum absolute atomic E-state index is 11.7. The Morgan fingerprint density at radius 1 is 1.17 bits per heavy atom. The zero-order valence-electron chi connectivity index (χ0n) is 20.9. The van der Waals surface area contributed by atoms with E-state index in [2.05, 4.69) is 18.9 Å². The van der Waals surface area contributed by atoms with E-state index in [9.17, 15) is 9.90 Å². The molecule has 0 aliphatic carbocycles. The summed E-state index contributed by atoms with van der Waals surface area (Å²) in [5, 5.41) is 19.9. The molecule has 0 unspecified atom stereocenters. The van der Waals surface area contributed by atoms with Crippen LogP contribution in [0.1, 0.15) is 39.8 Å². The Labute approximate surface area is 205 Å². The van der Waals surface area contributed by atoms with Crippen molar-refractivity contribution < 1.29 is 19.4 Å². The maximum Gasteiger partial charge on any atom is 0.335 e. The van der Waals surface area contributed by atoms with E-state index < -0.39 is 11.6 Å². The van der Waals surface area contributed by atoms with Crippen molar-refractivity contribution in [3.63, 3.8) is 0 Å². The van der Waals surface area contributed by atoms with Gasteiger partial charge in [-0.25, -0.2) is 9.48 Å². The number of carbonyl (C=O) groups is 1. The van der Waals surface area contributed by atoms with E-state index in [1.807, 2.05) is 71.1 Å². The van der Waals surface area contributed by atoms with Gasteiger partial charge in [0.25, 0.3) is 0 Å². The molecule has 0 aliphatic rings. The van der Waals surface area contributed by atoms with Gasteiger partial charge in [-0.3, -0.25) is 4.68 Å². The largest absolute Gasteiger partial charge is 0.493 e. The van der Waals surface area contributed by atoms with Gasteiger partial charge in [-0.1, -0.05) is 45.0 Å². The lowest BCUT2D eigenvalue weighted by atomic mass is 10.0. The van der Waals surface area contributed by atoms with Crippen LogP contribution in [0.3, 0.4) is 0 Å². The third-order valence-electron chi connectivity index (χ3n) is 6.11. The number of rotatable bonds is 10. The molecule has 8 nitrogen and oxygen atoms in total. The van der Waals surface area contributed by atoms with Crippen molar-refractivity contribution in [1.82, 2.24) is 19.6 Å². The highest BCUT2D eigenvalue weighted by molar-refractivity contribution is 5.87. The van der Waals surface area contributed by atoms with Crippen LogP contribution < -0.4 is 4.74 Å². The number of aliphatic carboxylic acids is 1. The monoisotopic (exact) mass is 476 g/mol. The molecule has 0 amide bonds. The second-order valence-corrected chi connectivity index (χ2v) is 9.33. The molecular formula is C27H32N4O4. The highest BCUT2D eigenvalue weighted by Gasteiger charge is 2.32. The summed E-state index contributed by atoms with van der Waals surface area (Å²) in [4.78, 5) is 11.7. The van der Waals surface area contributed by atoms with Gasteiger partial charge in [-0.05, 0) is 43.5 Å². The lowest BCUT2D eigenvalue weighted by Gasteiger charge is -2.22. The molecule has 1 N–H and O–H groups in total. The summed E-state index contributed by atoms with van der Waals surface area (Å²) >= 11 is 0. The number of aromatic nitrogens is 4. The minimum Gasteiger partial charge on any atom is -0.493 e. The Hall–Kier alpha value is -3.65. The second kappa shape index (κ2) is 9.92. The number of carboxylic acid groups (broad SMARTS) is 1. The van der Waals surface area contributed by atoms with E-state index in [-0.39, 0.29) is 6.61 Å². The fourth-order valence-corrected chi connectivity index (χ4v) is 3.83. The molecule has 0 aliphatic heterocycles. The van der Waals surface area contributed by atoms with Gasteiger partial charge in [0.15, 0.2) is 5.60 Å². The van der Waals surface area contributed by atoms with Crippen LogP contribution >= 0.6 is 0 Å². The summed E-state index contributed by atoms with van der Waals surface area (Å²) in [5.74, 6) is 0.205. The number of fused-ring (bicyclic) bond motifs is 1. The van der Waals surface area contributed by atoms with Crippen LogP contribution in [0.2, 0.25) is 0 Å². The van der Waals surface area contributed by atoms with Crippen LogP contribution in [0, 0.1) is 5.92 Å². The third-order valence-corrected chi connectivity index (χ3v) is 6.11. The molecule has 35 heavy (non-hydrogen) atoms. The molecule has 4 rings (SSSR count). The second-order valence-electron chi connectivity index (χ2n) is 9.33. The molecule has 0 saturated heterocycles. The number of ether oxygens (including phenoxy) is 2. The van der Waals surface area contributed by atoms with Gasteiger partial charge < -0.3 is 14.6 Å². The van der Waals surface area contributed by atoms with Gasteiger partial charge in [-0.2, -0.15) is 10.2 Å². The summed E-state index contributed by atoms with van der Waals surface area (Å²) in [7, 11) is 1.90. The molecule has 4 aromatic rings. The highest BCUT2D eigenvalue weighted by Crippen LogP contribution is 2.31. The van der Waals surface area contributed by atoms with E-state index in [0.717, 1.165) is 33.6 Å². The summed E-state index contributed by atoms with van der Waals surface area (Å²) in [6, 6.07) is 15.8. The lowest BCUT2D eigenvalue weighted by molar-refractivity contribution is -0.165. The summed E-state index contributed by atoms with van der Waals surface area (Å²) in [5.41, 5.74) is 2.95. The van der Waals surface area contributed by atoms with E-state index >= 15 is 0 Å². The van der Waals surface area contributed by atoms with Crippen LogP contribution in [-0.2, 0) is 23.2 Å². The van der Waals surface area contributed by atoms with Crippen molar-refractivity contribution in [3.05, 3.63) is 60.4 Å². The average Bonchev–Trinajstić information content (AvgIpc) is 3.45. The maximum atomic E-state index is 11.7. The number of aryl methyl sites for hydroxylation is 1. The molecule has 2 aromatic carbocycles. The quantitative estimate of drug-likeness (QED) is 0.337. The summed E-state index contributed by atoms with van der Waals surface area (Å²) in [6.07, 6.45) is 2.17. The highest BCUT2D eigenvalue weighted by atomic mass is 16.5. The van der Waals surface area contributed by atoms with Crippen LogP contribution in [-0.4, -0.2) is 42.8 Å². The van der Waals surface area contributed by atoms with E-state index in [1.54, 1.807) is 13.8 Å². The number of para-hydroxylation sites is 1. The van der Waals surface area contributed by atoms with Gasteiger partial charge in [-0.15, -0.1) is 0 Å². The molecule has 0 bridgehead atoms. The zero-order chi connectivity index (χ0) is 25.2. The van der Waals surface area contributed by atoms with Crippen molar-refractivity contribution in [2.24, 2.45) is 13.0 Å². The van der Waals surface area contributed by atoms with Gasteiger partial charge in [0.2, 0.25) is 0 Å². The van der Waals surface area contributed by atoms with Gasteiger partial charge in [0, 0.05) is 18.0 Å². The lowest BCUT2D eigenvalue weighted by Crippen LogP contribution is -2.37. The number of nitrogens with zero attached hydrogens (tertiary/aromatic N) is 4. The fourth-order valence-electron chi connectivity index (χ4n) is 3.83. The first kappa shape index (κ1) is 24.5. The molecule has 0 spiro atoms. The molecule has 0 radical (unpaired) electrons. The first-order valence-corrected chi connectivity index (χ1v) is 11.8. The minimum atomic E-state index is -1.28. The number of hydrogen-bond donors (Lipinski definition) is 1. The van der Waals surface area contributed by atoms with Crippen LogP contribution in [0.4, 0.5) is 0 Å². The average molecular weight is 477 g/mol. The van der Waals surface area contributed by atoms with Crippen molar-refractivity contribution >= 4 is 16.9 Å². The Bertz CT molecular complexity index is 1340. The van der Waals surface area contributed by atoms with Gasteiger partial charge in [0.05, 0.1) is 42.0 Å². The van der Waals surface area contributed by atoms with E-state index in [4.69, 9.17) is 14.6 Å². The van der Waals surface area contributed by atoms with Crippen LogP contribution in [0.15, 0.2) is 54.7 Å². The van der Waals surface area contributed by atoms with Gasteiger partial charge in [0.1, 0.15) is 5.75 Å². The molecule has 2 aromatic heterocycles. The number of hydrogen-bond acceptors (Lipinski definition) is 5. The first-order chi connectivity index (χ1) is 16.7. The summed E-state index contributed by atoms with van der Waals surface area (Å²) < 4.78 is 15.5. The molecule has 2 heterocycles. The fraction of sp³-hybridized carbons (Fsp3) is 0.370. The van der Waals surface area contributed by atoms with Crippen molar-refractivity contribution in [3.8, 4) is 22.7 Å². The Balaban J connectivity index is 1.80. The topological polar surface area (TPSA) is 91.4 Å². The first-order valence-electron chi connectivity index (χ1n) is 11.8. The molecule has 0 fully saturated rings. The van der Waals surface area contributed by atoms with Crippen molar-refractivity contribution in [2.75, 3.05) is 6.61 Å². The third kappa shape index (κ3) is 5.07. The molecular weight excluding hydrogens is 444 g/mol. The number of benzene rings is 2. The zero-order valence-corrected chi connectivity index (χ0v) is 20.9. The Morgan fingerprint density at radius 3 is 2.66 bits per heavy atom. The standard InChI is InChI=1S/C27H32N4O4/c1-6-27(4,26(32)33)35-17-21-14-24(19-9-7-11-22(13-19)34-16-18(2)3)31(29-21)23-12-8-10-20-15-28-30(5)25(20)23/h7-15,18H,6,16-17H2,1-5H3,(H,32,33)/t27-/m1/s1. The predicted octanol–water partition coefficient (Wildman–Crippen LogP) is 5.23. The van der Waals surface area contributed by atoms with Crippen molar-refractivity contribution in [1.29, 1.82) is 0 Å². The molecule has 184 valence electrons. The summed E-state index contributed by atoms with van der Waals surface area (Å²) in [6.45, 7) is 8.30. The van der Waals surface area contributed by atoms with Crippen molar-refractivity contribution in [2.45, 2.75) is 46.3 Å². The predicted molar refractivity (Wildman–Crippen MR) is 135 cm³/mol. The SMILES string of the molecule is CC[C@@](C)(OCc1cc(-c2cccc(OCC(C)C)c2)n(-c2cccc3cnn(C)c23)n1)C(=O)O. The molecule has 0 saturated carbocycles. The normalized spacial score (nSPS) is 13.3. The Kier molecular flexibility index (Phi) is 6.93. The molecule has 8 heteroatoms. The number of carboxylic acids is 1. The van der Waals surface area contributed by atoms with Crippen LogP contribution in [0.25, 0.3) is 27.8 Å². The van der Waals surface area contributed by atoms with E-state index in [0.29, 0.717) is 24.6 Å². The van der Waals surface area contributed by atoms with E-state index in [1.165, 1.54) is 0 Å². The van der Waals surface area contributed by atoms with Gasteiger partial charge >= 0.3 is 5.97 Å². The Morgan fingerprint density at radius 2 is 1.94 bits per heavy atom. The van der Waals surface area contributed by atoms with Crippen LogP contribution in [0.5, 0.6) is 5.75 Å².